The third-order valence-electron chi connectivity index (χ3n) is 5.46. The SMILES string of the molecule is C=NCNC(=O)CCCNC(O)C1=NC2C=CC=CC(=C2)N1CC1C=CC=C(F)C(F)=C1.CC.CC/C=C/C#N. The largest absolute Gasteiger partial charge is 0.371 e. The molecule has 0 radical (unpaired) electrons. The van der Waals surface area contributed by atoms with Gasteiger partial charge in [-0.25, -0.2) is 8.78 Å². The van der Waals surface area contributed by atoms with Gasteiger partial charge in [0.05, 0.1) is 12.1 Å². The molecular weight excluding hydrogens is 514 g/mol. The second-order valence-electron chi connectivity index (χ2n) is 8.38. The Morgan fingerprint density at radius 2 is 2.05 bits per heavy atom. The average Bonchev–Trinajstić information content (AvgIpc) is 3.26. The molecule has 2 bridgehead atoms. The number of nitrogens with zero attached hydrogens (tertiary/aromatic N) is 4. The Morgan fingerprint density at radius 3 is 2.73 bits per heavy atom. The molecule has 3 unspecified atom stereocenters. The number of carbonyl (C=O) groups excluding carboxylic acids is 1. The van der Waals surface area contributed by atoms with E-state index in [4.69, 9.17) is 5.26 Å². The quantitative estimate of drug-likeness (QED) is 0.145. The normalized spacial score (nSPS) is 19.7. The number of aliphatic hydroxyl groups is 1. The van der Waals surface area contributed by atoms with Crippen LogP contribution in [0, 0.1) is 17.2 Å². The number of aliphatic imine (C=N–C) groups is 2. The highest BCUT2D eigenvalue weighted by molar-refractivity contribution is 5.89. The van der Waals surface area contributed by atoms with Gasteiger partial charge in [-0.3, -0.25) is 20.1 Å². The number of nitrogens with one attached hydrogen (secondary N) is 2. The van der Waals surface area contributed by atoms with Crippen molar-refractivity contribution in [3.63, 3.8) is 0 Å². The molecule has 40 heavy (non-hydrogen) atoms. The average molecular weight is 555 g/mol. The van der Waals surface area contributed by atoms with E-state index in [2.05, 4.69) is 27.3 Å². The fourth-order valence-corrected chi connectivity index (χ4v) is 3.64. The number of halogens is 2. The molecule has 0 aromatic rings. The Bertz CT molecular complexity index is 1110. The molecule has 0 aromatic carbocycles. The molecule has 2 aliphatic carbocycles. The number of carbonyl (C=O) groups is 1. The zero-order chi connectivity index (χ0) is 29.8. The van der Waals surface area contributed by atoms with Gasteiger partial charge in [0, 0.05) is 30.7 Å². The molecule has 0 saturated heterocycles. The summed E-state index contributed by atoms with van der Waals surface area (Å²) in [4.78, 5) is 21.6. The van der Waals surface area contributed by atoms with Crippen molar-refractivity contribution in [3.05, 3.63) is 84.2 Å². The molecule has 1 heterocycles. The van der Waals surface area contributed by atoms with Crippen LogP contribution >= 0.6 is 0 Å². The molecule has 216 valence electrons. The van der Waals surface area contributed by atoms with Crippen molar-refractivity contribution < 1.29 is 18.7 Å². The fraction of sp³-hybridized carbons (Fsp3) is 0.400. The molecule has 0 fully saturated rings. The molecule has 10 heteroatoms. The van der Waals surface area contributed by atoms with Crippen molar-refractivity contribution in [2.24, 2.45) is 15.9 Å². The molecule has 0 spiro atoms. The van der Waals surface area contributed by atoms with Gasteiger partial charge in [-0.05, 0) is 50.4 Å². The monoisotopic (exact) mass is 554 g/mol. The first kappa shape index (κ1) is 34.1. The number of rotatable bonds is 11. The smallest absolute Gasteiger partial charge is 0.221 e. The first-order valence-corrected chi connectivity index (χ1v) is 13.4. The molecule has 3 atom stereocenters. The summed E-state index contributed by atoms with van der Waals surface area (Å²) in [5.41, 5.74) is 0.807. The van der Waals surface area contributed by atoms with E-state index in [1.165, 1.54) is 18.2 Å². The van der Waals surface area contributed by atoms with Crippen LogP contribution in [-0.4, -0.2) is 60.5 Å². The molecule has 0 aromatic heterocycles. The number of fused-ring (bicyclic) bond motifs is 1. The maximum atomic E-state index is 13.9. The third kappa shape index (κ3) is 12.3. The predicted octanol–water partition coefficient (Wildman–Crippen LogP) is 4.94. The minimum absolute atomic E-state index is 0.147. The lowest BCUT2D eigenvalue weighted by Crippen LogP contribution is -2.49. The topological polar surface area (TPSA) is 113 Å². The number of amidine groups is 1. The first-order valence-electron chi connectivity index (χ1n) is 13.4. The van der Waals surface area contributed by atoms with Crippen molar-refractivity contribution in [1.82, 2.24) is 15.5 Å². The van der Waals surface area contributed by atoms with Gasteiger partial charge in [0.15, 0.2) is 17.9 Å². The minimum Gasteiger partial charge on any atom is -0.371 e. The Labute approximate surface area is 236 Å². The molecule has 0 saturated carbocycles. The molecule has 1 amide bonds. The van der Waals surface area contributed by atoms with Crippen LogP contribution in [0.3, 0.4) is 0 Å². The summed E-state index contributed by atoms with van der Waals surface area (Å²) in [6, 6.07) is 1.65. The second kappa shape index (κ2) is 20.0. The lowest BCUT2D eigenvalue weighted by atomic mass is 10.1. The van der Waals surface area contributed by atoms with E-state index < -0.39 is 23.8 Å². The first-order chi connectivity index (χ1) is 19.4. The lowest BCUT2D eigenvalue weighted by molar-refractivity contribution is -0.121. The Kier molecular flexibility index (Phi) is 17.1. The zero-order valence-electron chi connectivity index (χ0n) is 23.4. The fourth-order valence-electron chi connectivity index (χ4n) is 3.64. The molecule has 3 rings (SSSR count). The number of amides is 1. The van der Waals surface area contributed by atoms with Crippen LogP contribution < -0.4 is 10.6 Å². The van der Waals surface area contributed by atoms with Crippen molar-refractivity contribution in [2.45, 2.75) is 52.3 Å². The van der Waals surface area contributed by atoms with E-state index in [0.29, 0.717) is 18.8 Å². The van der Waals surface area contributed by atoms with Crippen molar-refractivity contribution >= 4 is 18.5 Å². The Balaban J connectivity index is 0.000000885. The zero-order valence-corrected chi connectivity index (χ0v) is 23.4. The maximum absolute atomic E-state index is 13.9. The molecular formula is C30H40F2N6O2. The van der Waals surface area contributed by atoms with Gasteiger partial charge in [0.1, 0.15) is 12.5 Å². The Hall–Kier alpha value is -3.94. The van der Waals surface area contributed by atoms with E-state index in [1.807, 2.05) is 63.3 Å². The molecule has 8 nitrogen and oxygen atoms in total. The third-order valence-corrected chi connectivity index (χ3v) is 5.46. The van der Waals surface area contributed by atoms with Crippen LogP contribution in [0.25, 0.3) is 0 Å². The van der Waals surface area contributed by atoms with Gasteiger partial charge in [-0.2, -0.15) is 5.26 Å². The number of allylic oxidation sites excluding steroid dienone is 9. The molecule has 1 aliphatic heterocycles. The number of nitriles is 1. The summed E-state index contributed by atoms with van der Waals surface area (Å²) in [7, 11) is 0. The summed E-state index contributed by atoms with van der Waals surface area (Å²) in [5, 5.41) is 24.3. The number of aliphatic hydroxyl groups excluding tert-OH is 1. The maximum Gasteiger partial charge on any atom is 0.221 e. The lowest BCUT2D eigenvalue weighted by Gasteiger charge is -2.35. The second-order valence-corrected chi connectivity index (χ2v) is 8.38. The summed E-state index contributed by atoms with van der Waals surface area (Å²) < 4.78 is 27.5. The van der Waals surface area contributed by atoms with E-state index in [9.17, 15) is 18.7 Å². The van der Waals surface area contributed by atoms with Crippen LogP contribution in [0.1, 0.15) is 40.0 Å². The molecule has 3 aliphatic rings. The van der Waals surface area contributed by atoms with Crippen LogP contribution in [0.4, 0.5) is 8.78 Å². The van der Waals surface area contributed by atoms with Crippen molar-refractivity contribution in [3.8, 4) is 6.07 Å². The summed E-state index contributed by atoms with van der Waals surface area (Å²) >= 11 is 0. The number of hydrogen-bond acceptors (Lipinski definition) is 7. The van der Waals surface area contributed by atoms with Crippen molar-refractivity contribution in [2.75, 3.05) is 19.8 Å². The van der Waals surface area contributed by atoms with Crippen LogP contribution in [0.5, 0.6) is 0 Å². The molecule has 3 N–H and O–H groups in total. The highest BCUT2D eigenvalue weighted by Crippen LogP contribution is 2.26. The summed E-state index contributed by atoms with van der Waals surface area (Å²) in [6.07, 6.45) is 18.9. The minimum atomic E-state index is -1.10. The summed E-state index contributed by atoms with van der Waals surface area (Å²) in [6.45, 7) is 10.1. The van der Waals surface area contributed by atoms with Gasteiger partial charge in [-0.15, -0.1) is 0 Å². The van der Waals surface area contributed by atoms with Crippen molar-refractivity contribution in [1.29, 1.82) is 5.26 Å². The highest BCUT2D eigenvalue weighted by atomic mass is 19.2. The predicted molar refractivity (Wildman–Crippen MR) is 157 cm³/mol. The Morgan fingerprint density at radius 1 is 1.27 bits per heavy atom. The van der Waals surface area contributed by atoms with E-state index in [-0.39, 0.29) is 31.6 Å². The summed E-state index contributed by atoms with van der Waals surface area (Å²) in [5.74, 6) is -2.02. The van der Waals surface area contributed by atoms with Gasteiger partial charge in [0.2, 0.25) is 5.91 Å². The van der Waals surface area contributed by atoms with Crippen LogP contribution in [-0.2, 0) is 4.79 Å². The van der Waals surface area contributed by atoms with Gasteiger partial charge in [0.25, 0.3) is 0 Å². The van der Waals surface area contributed by atoms with E-state index >= 15 is 0 Å². The van der Waals surface area contributed by atoms with Gasteiger partial charge >= 0.3 is 0 Å². The van der Waals surface area contributed by atoms with E-state index in [1.54, 1.807) is 11.0 Å². The standard InChI is InChI=1S/C23H27F2N5O2.C5H7N.C2H6/c1-26-15-28-21(31)10-5-11-27-23(32)22-29-17-7-2-3-8-18(13-17)30(22)14-16-6-4-9-19(24)20(25)12-16;1-2-3-4-5-6;1-2/h2-4,6-9,12-13,16-17,23,27,32H,1,5,10-11,14-15H2,(H,28,31);3-4H,2H2,1H3;1-2H3/b;4-3+;. The highest BCUT2D eigenvalue weighted by Gasteiger charge is 2.29. The van der Waals surface area contributed by atoms with Crippen LogP contribution in [0.2, 0.25) is 0 Å². The number of hydrogen-bond donors (Lipinski definition) is 3. The van der Waals surface area contributed by atoms with E-state index in [0.717, 1.165) is 18.2 Å². The van der Waals surface area contributed by atoms with Crippen LogP contribution in [0.15, 0.2) is 94.2 Å². The van der Waals surface area contributed by atoms with Gasteiger partial charge < -0.3 is 15.3 Å². The van der Waals surface area contributed by atoms with Gasteiger partial charge in [-0.1, -0.05) is 57.2 Å².